The number of methoxy groups -OCH3 is 2. The predicted molar refractivity (Wildman–Crippen MR) is 112 cm³/mol. The van der Waals surface area contributed by atoms with E-state index in [1.165, 1.54) is 12.1 Å². The highest BCUT2D eigenvalue weighted by molar-refractivity contribution is 7.89. The van der Waals surface area contributed by atoms with E-state index in [2.05, 4.69) is 10.0 Å². The van der Waals surface area contributed by atoms with Crippen LogP contribution in [0, 0.1) is 0 Å². The Bertz CT molecular complexity index is 981. The summed E-state index contributed by atoms with van der Waals surface area (Å²) in [6.45, 7) is 7.08. The highest BCUT2D eigenvalue weighted by atomic mass is 32.2. The third-order valence-electron chi connectivity index (χ3n) is 4.10. The van der Waals surface area contributed by atoms with E-state index >= 15 is 0 Å². The van der Waals surface area contributed by atoms with Crippen LogP contribution in [-0.4, -0.2) is 34.1 Å². The van der Waals surface area contributed by atoms with Gasteiger partial charge in [-0.05, 0) is 64.1 Å². The van der Waals surface area contributed by atoms with Crippen molar-refractivity contribution in [3.8, 4) is 11.5 Å². The van der Waals surface area contributed by atoms with Crippen molar-refractivity contribution >= 4 is 15.9 Å². The lowest BCUT2D eigenvalue weighted by molar-refractivity contribution is 0.0939. The molecule has 0 saturated heterocycles. The smallest absolute Gasteiger partial charge is 0.251 e. The number of sulfonamides is 1. The maximum absolute atomic E-state index is 12.7. The molecule has 1 atom stereocenters. The summed E-state index contributed by atoms with van der Waals surface area (Å²) in [5.41, 5.74) is 0.364. The summed E-state index contributed by atoms with van der Waals surface area (Å²) in [7, 11) is -0.627. The van der Waals surface area contributed by atoms with Crippen LogP contribution in [0.4, 0.5) is 0 Å². The van der Waals surface area contributed by atoms with Crippen LogP contribution >= 0.6 is 0 Å². The fraction of sp³-hybridized carbons (Fsp3) is 0.381. The minimum absolute atomic E-state index is 0.0340. The van der Waals surface area contributed by atoms with Gasteiger partial charge in [-0.25, -0.2) is 13.1 Å². The molecule has 158 valence electrons. The van der Waals surface area contributed by atoms with Gasteiger partial charge in [-0.3, -0.25) is 4.79 Å². The number of hydrogen-bond acceptors (Lipinski definition) is 5. The van der Waals surface area contributed by atoms with Crippen LogP contribution < -0.4 is 19.5 Å². The molecule has 0 aliphatic carbocycles. The summed E-state index contributed by atoms with van der Waals surface area (Å²) < 4.78 is 38.3. The molecule has 7 nitrogen and oxygen atoms in total. The first-order valence-electron chi connectivity index (χ1n) is 9.13. The number of carbonyl (C=O) groups excluding carboxylic acids is 1. The lowest BCUT2D eigenvalue weighted by Crippen LogP contribution is -2.40. The normalized spacial score (nSPS) is 12.9. The molecule has 0 fully saturated rings. The molecule has 0 saturated carbocycles. The molecule has 0 radical (unpaired) electrons. The number of benzene rings is 2. The Morgan fingerprint density at radius 1 is 1.03 bits per heavy atom. The Hall–Kier alpha value is -2.58. The Kier molecular flexibility index (Phi) is 6.92. The van der Waals surface area contributed by atoms with Gasteiger partial charge in [0.1, 0.15) is 11.5 Å². The molecule has 2 rings (SSSR count). The van der Waals surface area contributed by atoms with Crippen LogP contribution in [0.5, 0.6) is 11.5 Å². The van der Waals surface area contributed by atoms with Gasteiger partial charge in [0, 0.05) is 16.7 Å². The minimum Gasteiger partial charge on any atom is -0.497 e. The highest BCUT2D eigenvalue weighted by Gasteiger charge is 2.23. The predicted octanol–water partition coefficient (Wildman–Crippen LogP) is 3.27. The average Bonchev–Trinajstić information content (AvgIpc) is 2.65. The van der Waals surface area contributed by atoms with Crippen molar-refractivity contribution in [2.24, 2.45) is 0 Å². The number of nitrogens with one attached hydrogen (secondary N) is 2. The number of carbonyl (C=O) groups is 1. The van der Waals surface area contributed by atoms with Gasteiger partial charge >= 0.3 is 0 Å². The van der Waals surface area contributed by atoms with Crippen LogP contribution in [0.15, 0.2) is 47.4 Å². The minimum atomic E-state index is -3.74. The third-order valence-corrected chi connectivity index (χ3v) is 5.85. The van der Waals surface area contributed by atoms with Crippen LogP contribution in [0.1, 0.15) is 49.7 Å². The molecule has 8 heteroatoms. The van der Waals surface area contributed by atoms with Gasteiger partial charge in [-0.2, -0.15) is 0 Å². The van der Waals surface area contributed by atoms with E-state index in [0.717, 1.165) is 5.56 Å². The standard InChI is InChI=1S/C21H28N2O5S/c1-14(18-13-16(27-5)10-11-19(18)28-6)22-20(24)15-8-7-9-17(12-15)29(25,26)23-21(2,3)4/h7-14,23H,1-6H3,(H,22,24)/t14-/m1/s1. The van der Waals surface area contributed by atoms with Crippen LogP contribution in [-0.2, 0) is 10.0 Å². The van der Waals surface area contributed by atoms with Crippen LogP contribution in [0.3, 0.4) is 0 Å². The van der Waals surface area contributed by atoms with Crippen molar-refractivity contribution in [2.75, 3.05) is 14.2 Å². The second kappa shape index (κ2) is 8.84. The molecular weight excluding hydrogens is 392 g/mol. The topological polar surface area (TPSA) is 93.7 Å². The molecule has 1 amide bonds. The largest absolute Gasteiger partial charge is 0.497 e. The van der Waals surface area contributed by atoms with Crippen molar-refractivity contribution in [2.45, 2.75) is 44.2 Å². The Morgan fingerprint density at radius 2 is 1.72 bits per heavy atom. The lowest BCUT2D eigenvalue weighted by Gasteiger charge is -2.21. The quantitative estimate of drug-likeness (QED) is 0.717. The van der Waals surface area contributed by atoms with E-state index in [9.17, 15) is 13.2 Å². The molecule has 0 unspecified atom stereocenters. The van der Waals surface area contributed by atoms with E-state index in [4.69, 9.17) is 9.47 Å². The fourth-order valence-electron chi connectivity index (χ4n) is 2.80. The van der Waals surface area contributed by atoms with Gasteiger partial charge < -0.3 is 14.8 Å². The summed E-state index contributed by atoms with van der Waals surface area (Å²) >= 11 is 0. The SMILES string of the molecule is COc1ccc(OC)c([C@@H](C)NC(=O)c2cccc(S(=O)(=O)NC(C)(C)C)c2)c1. The Balaban J connectivity index is 2.26. The molecule has 29 heavy (non-hydrogen) atoms. The van der Waals surface area contributed by atoms with Crippen molar-refractivity contribution in [3.05, 3.63) is 53.6 Å². The zero-order valence-electron chi connectivity index (χ0n) is 17.6. The highest BCUT2D eigenvalue weighted by Crippen LogP contribution is 2.29. The van der Waals surface area contributed by atoms with Crippen molar-refractivity contribution in [1.82, 2.24) is 10.0 Å². The average molecular weight is 421 g/mol. The fourth-order valence-corrected chi connectivity index (χ4v) is 4.27. The van der Waals surface area contributed by atoms with Crippen molar-refractivity contribution in [1.29, 1.82) is 0 Å². The van der Waals surface area contributed by atoms with E-state index in [0.29, 0.717) is 11.5 Å². The van der Waals surface area contributed by atoms with E-state index in [1.54, 1.807) is 65.3 Å². The van der Waals surface area contributed by atoms with Gasteiger partial charge in [-0.1, -0.05) is 6.07 Å². The molecule has 2 aromatic carbocycles. The first-order chi connectivity index (χ1) is 13.5. The summed E-state index contributed by atoms with van der Waals surface area (Å²) in [5, 5.41) is 2.88. The zero-order valence-corrected chi connectivity index (χ0v) is 18.4. The molecule has 0 bridgehead atoms. The summed E-state index contributed by atoms with van der Waals surface area (Å²) in [6, 6.07) is 10.9. The second-order valence-electron chi connectivity index (χ2n) is 7.69. The van der Waals surface area contributed by atoms with Gasteiger partial charge in [0.2, 0.25) is 10.0 Å². The van der Waals surface area contributed by atoms with E-state index in [1.807, 2.05) is 6.92 Å². The zero-order chi connectivity index (χ0) is 21.8. The summed E-state index contributed by atoms with van der Waals surface area (Å²) in [4.78, 5) is 12.8. The first-order valence-corrected chi connectivity index (χ1v) is 10.6. The second-order valence-corrected chi connectivity index (χ2v) is 9.37. The number of ether oxygens (including phenoxy) is 2. The summed E-state index contributed by atoms with van der Waals surface area (Å²) in [5.74, 6) is 0.864. The van der Waals surface area contributed by atoms with Gasteiger partial charge in [0.25, 0.3) is 5.91 Å². The van der Waals surface area contributed by atoms with Crippen molar-refractivity contribution in [3.63, 3.8) is 0 Å². The molecule has 0 aromatic heterocycles. The molecule has 0 heterocycles. The monoisotopic (exact) mass is 420 g/mol. The van der Waals surface area contributed by atoms with E-state index in [-0.39, 0.29) is 16.5 Å². The van der Waals surface area contributed by atoms with Gasteiger partial charge in [0.15, 0.2) is 0 Å². The van der Waals surface area contributed by atoms with Crippen molar-refractivity contribution < 1.29 is 22.7 Å². The molecular formula is C21H28N2O5S. The Labute approximate surface area is 172 Å². The molecule has 2 aromatic rings. The lowest BCUT2D eigenvalue weighted by atomic mass is 10.1. The molecule has 0 aliphatic heterocycles. The molecule has 0 spiro atoms. The number of amides is 1. The third kappa shape index (κ3) is 5.95. The van der Waals surface area contributed by atoms with Crippen LogP contribution in [0.2, 0.25) is 0 Å². The first kappa shape index (κ1) is 22.7. The Morgan fingerprint density at radius 3 is 2.31 bits per heavy atom. The number of hydrogen-bond donors (Lipinski definition) is 2. The van der Waals surface area contributed by atoms with Gasteiger partial charge in [0.05, 0.1) is 25.2 Å². The summed E-state index contributed by atoms with van der Waals surface area (Å²) in [6.07, 6.45) is 0. The van der Waals surface area contributed by atoms with Crippen LogP contribution in [0.25, 0.3) is 0 Å². The maximum atomic E-state index is 12.7. The molecule has 0 aliphatic rings. The number of rotatable bonds is 7. The molecule has 2 N–H and O–H groups in total. The maximum Gasteiger partial charge on any atom is 0.251 e. The van der Waals surface area contributed by atoms with Gasteiger partial charge in [-0.15, -0.1) is 0 Å². The van der Waals surface area contributed by atoms with E-state index < -0.39 is 21.5 Å².